The molecule has 1 aliphatic heterocycles. The third-order valence-electron chi connectivity index (χ3n) is 4.25. The van der Waals surface area contributed by atoms with Gasteiger partial charge in [0.1, 0.15) is 11.5 Å². The summed E-state index contributed by atoms with van der Waals surface area (Å²) in [4.78, 5) is 14.1. The standard InChI is InChI=1S/C16H16F4N2O2/c1-21-13-3-2-11(17)8-10(13)9-14(21)15(23)22-6-4-12(5-7-22)24-16(18,19)20/h2-3,8-9,12H,4-7H2,1H3. The zero-order valence-electron chi connectivity index (χ0n) is 12.9. The van der Waals surface area contributed by atoms with E-state index in [0.29, 0.717) is 11.1 Å². The fraction of sp³-hybridized carbons (Fsp3) is 0.438. The zero-order chi connectivity index (χ0) is 17.5. The molecule has 2 aromatic rings. The van der Waals surface area contributed by atoms with E-state index in [0.717, 1.165) is 5.52 Å². The van der Waals surface area contributed by atoms with Gasteiger partial charge in [-0.15, -0.1) is 13.2 Å². The number of rotatable bonds is 2. The van der Waals surface area contributed by atoms with Gasteiger partial charge in [-0.3, -0.25) is 9.53 Å². The Bertz CT molecular complexity index is 761. The van der Waals surface area contributed by atoms with E-state index in [1.165, 1.54) is 17.0 Å². The van der Waals surface area contributed by atoms with Crippen LogP contribution in [0.15, 0.2) is 24.3 Å². The van der Waals surface area contributed by atoms with Crippen molar-refractivity contribution in [2.75, 3.05) is 13.1 Å². The Labute approximate surface area is 135 Å². The second kappa shape index (κ2) is 6.08. The van der Waals surface area contributed by atoms with Gasteiger partial charge in [0, 0.05) is 31.0 Å². The molecule has 1 amide bonds. The van der Waals surface area contributed by atoms with Crippen molar-refractivity contribution in [3.8, 4) is 0 Å². The highest BCUT2D eigenvalue weighted by Crippen LogP contribution is 2.26. The van der Waals surface area contributed by atoms with Gasteiger partial charge in [-0.25, -0.2) is 4.39 Å². The van der Waals surface area contributed by atoms with E-state index in [1.807, 2.05) is 0 Å². The Morgan fingerprint density at radius 2 is 1.88 bits per heavy atom. The maximum atomic E-state index is 13.3. The molecule has 4 nitrogen and oxygen atoms in total. The van der Waals surface area contributed by atoms with Gasteiger partial charge < -0.3 is 9.47 Å². The van der Waals surface area contributed by atoms with Crippen molar-refractivity contribution in [1.29, 1.82) is 0 Å². The van der Waals surface area contributed by atoms with Crippen LogP contribution in [0.4, 0.5) is 17.6 Å². The number of fused-ring (bicyclic) bond motifs is 1. The lowest BCUT2D eigenvalue weighted by Gasteiger charge is -2.32. The number of carbonyl (C=O) groups excluding carboxylic acids is 1. The molecule has 0 N–H and O–H groups in total. The Kier molecular flexibility index (Phi) is 4.25. The van der Waals surface area contributed by atoms with E-state index in [-0.39, 0.29) is 31.8 Å². The summed E-state index contributed by atoms with van der Waals surface area (Å²) in [6, 6.07) is 5.84. The fourth-order valence-electron chi connectivity index (χ4n) is 3.05. The molecular weight excluding hydrogens is 328 g/mol. The summed E-state index contributed by atoms with van der Waals surface area (Å²) in [6.45, 7) is 0.380. The van der Waals surface area contributed by atoms with Crippen LogP contribution in [0.2, 0.25) is 0 Å². The van der Waals surface area contributed by atoms with Crippen LogP contribution in [0.3, 0.4) is 0 Å². The average molecular weight is 344 g/mol. The van der Waals surface area contributed by atoms with Crippen LogP contribution in [0.25, 0.3) is 10.9 Å². The van der Waals surface area contributed by atoms with E-state index in [1.54, 1.807) is 23.7 Å². The lowest BCUT2D eigenvalue weighted by Crippen LogP contribution is -2.42. The average Bonchev–Trinajstić information content (AvgIpc) is 2.82. The van der Waals surface area contributed by atoms with Gasteiger partial charge in [0.2, 0.25) is 0 Å². The predicted octanol–water partition coefficient (Wildman–Crippen LogP) is 3.46. The first-order chi connectivity index (χ1) is 11.2. The molecule has 0 radical (unpaired) electrons. The van der Waals surface area contributed by atoms with E-state index in [9.17, 15) is 22.4 Å². The monoisotopic (exact) mass is 344 g/mol. The maximum Gasteiger partial charge on any atom is 0.522 e. The van der Waals surface area contributed by atoms with Gasteiger partial charge in [0.25, 0.3) is 5.91 Å². The van der Waals surface area contributed by atoms with Crippen LogP contribution in [0.5, 0.6) is 0 Å². The topological polar surface area (TPSA) is 34.5 Å². The van der Waals surface area contributed by atoms with Crippen LogP contribution in [0.1, 0.15) is 23.3 Å². The minimum Gasteiger partial charge on any atom is -0.340 e. The number of aryl methyl sites for hydroxylation is 1. The number of halogens is 4. The van der Waals surface area contributed by atoms with Gasteiger partial charge in [0.05, 0.1) is 6.10 Å². The van der Waals surface area contributed by atoms with Crippen molar-refractivity contribution >= 4 is 16.8 Å². The summed E-state index contributed by atoms with van der Waals surface area (Å²) >= 11 is 0. The molecule has 1 aromatic heterocycles. The van der Waals surface area contributed by atoms with Crippen molar-refractivity contribution < 1.29 is 27.1 Å². The predicted molar refractivity (Wildman–Crippen MR) is 78.9 cm³/mol. The number of hydrogen-bond donors (Lipinski definition) is 0. The highest BCUT2D eigenvalue weighted by atomic mass is 19.4. The normalized spacial score (nSPS) is 16.8. The summed E-state index contributed by atoms with van der Waals surface area (Å²) in [5.41, 5.74) is 1.10. The quantitative estimate of drug-likeness (QED) is 0.782. The first kappa shape index (κ1) is 16.8. The Balaban J connectivity index is 1.73. The minimum atomic E-state index is -4.66. The maximum absolute atomic E-state index is 13.3. The van der Waals surface area contributed by atoms with Crippen molar-refractivity contribution in [3.05, 3.63) is 35.8 Å². The SMILES string of the molecule is Cn1c(C(=O)N2CCC(OC(F)(F)F)CC2)cc2cc(F)ccc21. The number of aromatic nitrogens is 1. The van der Waals surface area contributed by atoms with Crippen LogP contribution >= 0.6 is 0 Å². The molecule has 24 heavy (non-hydrogen) atoms. The fourth-order valence-corrected chi connectivity index (χ4v) is 3.05. The number of alkyl halides is 3. The highest BCUT2D eigenvalue weighted by Gasteiger charge is 2.36. The molecular formula is C16H16F4N2O2. The Hall–Kier alpha value is -2.09. The molecule has 0 spiro atoms. The molecule has 0 aliphatic carbocycles. The molecule has 0 saturated carbocycles. The summed E-state index contributed by atoms with van der Waals surface area (Å²) in [5.74, 6) is -0.670. The third-order valence-corrected chi connectivity index (χ3v) is 4.25. The first-order valence-corrected chi connectivity index (χ1v) is 7.53. The van der Waals surface area contributed by atoms with E-state index in [2.05, 4.69) is 4.74 Å². The lowest BCUT2D eigenvalue weighted by molar-refractivity contribution is -0.345. The molecule has 8 heteroatoms. The smallest absolute Gasteiger partial charge is 0.340 e. The number of benzene rings is 1. The summed E-state index contributed by atoms with van der Waals surface area (Å²) in [6.07, 6.45) is -5.32. The number of carbonyl (C=O) groups is 1. The molecule has 1 aromatic carbocycles. The lowest BCUT2D eigenvalue weighted by atomic mass is 10.1. The van der Waals surface area contributed by atoms with Crippen LogP contribution < -0.4 is 0 Å². The Morgan fingerprint density at radius 3 is 2.50 bits per heavy atom. The van der Waals surface area contributed by atoms with Crippen molar-refractivity contribution in [3.63, 3.8) is 0 Å². The van der Waals surface area contributed by atoms with Gasteiger partial charge in [-0.05, 0) is 37.1 Å². The van der Waals surface area contributed by atoms with E-state index in [4.69, 9.17) is 0 Å². The third kappa shape index (κ3) is 3.38. The number of piperidine rings is 1. The largest absolute Gasteiger partial charge is 0.522 e. The van der Waals surface area contributed by atoms with Gasteiger partial charge in [0.15, 0.2) is 0 Å². The highest BCUT2D eigenvalue weighted by molar-refractivity contribution is 5.98. The van der Waals surface area contributed by atoms with Gasteiger partial charge >= 0.3 is 6.36 Å². The molecule has 130 valence electrons. The molecule has 1 saturated heterocycles. The van der Waals surface area contributed by atoms with Gasteiger partial charge in [-0.2, -0.15) is 0 Å². The second-order valence-electron chi connectivity index (χ2n) is 5.85. The molecule has 0 bridgehead atoms. The summed E-state index contributed by atoms with van der Waals surface area (Å²) < 4.78 is 55.7. The van der Waals surface area contributed by atoms with Crippen LogP contribution in [0, 0.1) is 5.82 Å². The van der Waals surface area contributed by atoms with Crippen molar-refractivity contribution in [2.45, 2.75) is 25.3 Å². The van der Waals surface area contributed by atoms with Gasteiger partial charge in [-0.1, -0.05) is 0 Å². The summed E-state index contributed by atoms with van der Waals surface area (Å²) in [7, 11) is 1.70. The molecule has 3 rings (SSSR count). The van der Waals surface area contributed by atoms with Crippen molar-refractivity contribution in [2.24, 2.45) is 7.05 Å². The Morgan fingerprint density at radius 1 is 1.21 bits per heavy atom. The number of likely N-dealkylation sites (tertiary alicyclic amines) is 1. The first-order valence-electron chi connectivity index (χ1n) is 7.53. The zero-order valence-corrected chi connectivity index (χ0v) is 12.9. The summed E-state index contributed by atoms with van der Waals surface area (Å²) in [5, 5.41) is 0.608. The molecule has 2 heterocycles. The van der Waals surface area contributed by atoms with Crippen molar-refractivity contribution in [1.82, 2.24) is 9.47 Å². The minimum absolute atomic E-state index is 0.129. The molecule has 0 unspecified atom stereocenters. The second-order valence-corrected chi connectivity index (χ2v) is 5.85. The molecule has 0 atom stereocenters. The van der Waals surface area contributed by atoms with Crippen LogP contribution in [-0.4, -0.2) is 40.9 Å². The number of ether oxygens (including phenoxy) is 1. The van der Waals surface area contributed by atoms with E-state index < -0.39 is 18.3 Å². The number of hydrogen-bond acceptors (Lipinski definition) is 2. The molecule has 1 fully saturated rings. The number of amides is 1. The van der Waals surface area contributed by atoms with Crippen LogP contribution in [-0.2, 0) is 11.8 Å². The number of nitrogens with zero attached hydrogens (tertiary/aromatic N) is 2. The van der Waals surface area contributed by atoms with E-state index >= 15 is 0 Å². The molecule has 1 aliphatic rings.